The highest BCUT2D eigenvalue weighted by molar-refractivity contribution is 8.06. The molecule has 2 aromatic heterocycles. The van der Waals surface area contributed by atoms with Crippen molar-refractivity contribution >= 4 is 75.2 Å². The Hall–Kier alpha value is -2.75. The number of nitrogens with one attached hydrogen (secondary N) is 1. The van der Waals surface area contributed by atoms with E-state index >= 15 is 0 Å². The summed E-state index contributed by atoms with van der Waals surface area (Å²) in [6, 6.07) is 4.56. The number of carboxylic acids is 1. The molecule has 4 heterocycles. The number of anilines is 1. The number of aromatic nitrogens is 2. The molecule has 0 aromatic carbocycles. The van der Waals surface area contributed by atoms with E-state index in [1.54, 1.807) is 17.1 Å². The number of carbonyl (C=O) groups excluding carboxylic acids is 2. The van der Waals surface area contributed by atoms with Crippen LogP contribution in [0.2, 0.25) is 0 Å². The molecule has 0 radical (unpaired) electrons. The number of aliphatic carboxylic acids is 1. The summed E-state index contributed by atoms with van der Waals surface area (Å²) in [7, 11) is 3.25. The second kappa shape index (κ2) is 11.1. The van der Waals surface area contributed by atoms with Crippen molar-refractivity contribution in [1.29, 1.82) is 0 Å². The monoisotopic (exact) mass is 567 g/mol. The van der Waals surface area contributed by atoms with Gasteiger partial charge >= 0.3 is 5.97 Å². The van der Waals surface area contributed by atoms with Crippen LogP contribution in [-0.4, -0.2) is 75.4 Å². The third-order valence-corrected chi connectivity index (χ3v) is 9.52. The highest BCUT2D eigenvalue weighted by Gasteiger charge is 2.54. The number of carboxylic acid groups (broad SMARTS) is 1. The number of oxime groups is 1. The maximum absolute atomic E-state index is 13.0. The lowest BCUT2D eigenvalue weighted by Crippen LogP contribution is -2.73. The molecule has 4 N–H and O–H groups in total. The van der Waals surface area contributed by atoms with E-state index in [0.717, 1.165) is 21.4 Å². The molecular weight excluding hydrogens is 545 g/mol. The molecule has 2 aromatic rings. The zero-order valence-corrected chi connectivity index (χ0v) is 22.7. The van der Waals surface area contributed by atoms with E-state index in [-0.39, 0.29) is 22.2 Å². The average Bonchev–Trinajstić information content (AvgIpc) is 3.29. The minimum absolute atomic E-state index is 0.0408. The Kier molecular flexibility index (Phi) is 8.12. The van der Waals surface area contributed by atoms with Crippen molar-refractivity contribution in [3.8, 4) is 0 Å². The van der Waals surface area contributed by atoms with Crippen LogP contribution in [0.4, 0.5) is 5.13 Å². The number of nitrogens with two attached hydrogens (primary N) is 1. The summed E-state index contributed by atoms with van der Waals surface area (Å²) in [6.07, 6.45) is 1.99. The maximum atomic E-state index is 13.0. The van der Waals surface area contributed by atoms with Crippen molar-refractivity contribution in [3.63, 3.8) is 0 Å². The van der Waals surface area contributed by atoms with Crippen molar-refractivity contribution in [1.82, 2.24) is 15.2 Å². The van der Waals surface area contributed by atoms with E-state index in [1.807, 2.05) is 36.1 Å². The van der Waals surface area contributed by atoms with Crippen LogP contribution in [0, 0.1) is 0 Å². The minimum Gasteiger partial charge on any atom is -0.477 e. The molecule has 1 fully saturated rings. The molecule has 4 rings (SSSR count). The summed E-state index contributed by atoms with van der Waals surface area (Å²) < 4.78 is 2.04. The number of hydrogen-bond donors (Lipinski definition) is 3. The number of thioether (sulfide) groups is 3. The molecule has 2 amide bonds. The molecule has 0 saturated carbocycles. The number of amides is 2. The van der Waals surface area contributed by atoms with Gasteiger partial charge in [0.25, 0.3) is 11.8 Å². The van der Waals surface area contributed by atoms with Crippen LogP contribution in [-0.2, 0) is 26.3 Å². The SMILES string of the molecule is CON=C(C(=O)NC1C(=O)N2C(C(=O)O)=C(CSc3cccc(SC)[n+]3C)SCC12)c1csc(N)n1. The fraction of sp³-hybridized carbons (Fsp3) is 0.333. The largest absolute Gasteiger partial charge is 0.477 e. The lowest BCUT2D eigenvalue weighted by atomic mass is 9.94. The summed E-state index contributed by atoms with van der Waals surface area (Å²) in [5, 5.41) is 20.2. The van der Waals surface area contributed by atoms with Gasteiger partial charge in [-0.15, -0.1) is 23.1 Å². The number of carbonyl (C=O) groups is 3. The fourth-order valence-corrected chi connectivity index (χ4v) is 7.43. The first kappa shape index (κ1) is 26.3. The van der Waals surface area contributed by atoms with Crippen molar-refractivity contribution in [2.24, 2.45) is 12.2 Å². The molecule has 36 heavy (non-hydrogen) atoms. The molecule has 2 aliphatic rings. The van der Waals surface area contributed by atoms with E-state index in [1.165, 1.54) is 35.5 Å². The van der Waals surface area contributed by atoms with Crippen LogP contribution < -0.4 is 15.6 Å². The lowest BCUT2D eigenvalue weighted by molar-refractivity contribution is -0.744. The number of pyridine rings is 1. The van der Waals surface area contributed by atoms with Gasteiger partial charge in [0, 0.05) is 33.9 Å². The molecule has 190 valence electrons. The normalized spacial score (nSPS) is 19.6. The summed E-state index contributed by atoms with van der Waals surface area (Å²) in [5.41, 5.74) is 5.72. The summed E-state index contributed by atoms with van der Waals surface area (Å²) in [5.74, 6) is -1.48. The number of fused-ring (bicyclic) bond motifs is 1. The van der Waals surface area contributed by atoms with E-state index in [4.69, 9.17) is 10.6 Å². The summed E-state index contributed by atoms with van der Waals surface area (Å²) >= 11 is 5.65. The second-order valence-corrected chi connectivity index (χ2v) is 11.4. The molecule has 2 atom stereocenters. The zero-order chi connectivity index (χ0) is 26.0. The maximum Gasteiger partial charge on any atom is 0.353 e. The number of thiazole rings is 1. The van der Waals surface area contributed by atoms with Crippen molar-refractivity contribution < 1.29 is 28.9 Å². The Morgan fingerprint density at radius 3 is 2.81 bits per heavy atom. The Balaban J connectivity index is 1.50. The standard InChI is InChI=1S/C21H22N6O5S4/c1-26-13(33-3)5-4-6-14(26)35-9-12-17(20(30)31)27-11(8-34-12)16(19(27)29)24-18(28)15(25-32-2)10-7-36-21(22)23-10/h4-7,11,16H,8-9H2,1-3H3,(H3-,22,23,24,28,30,31)/p+1. The van der Waals surface area contributed by atoms with Gasteiger partial charge in [0.2, 0.25) is 10.1 Å². The predicted octanol–water partition coefficient (Wildman–Crippen LogP) is 1.15. The highest BCUT2D eigenvalue weighted by Crippen LogP contribution is 2.41. The third-order valence-electron chi connectivity index (χ3n) is 5.50. The molecular formula is C21H23N6O5S4+. The molecule has 2 aliphatic heterocycles. The van der Waals surface area contributed by atoms with Crippen LogP contribution in [0.3, 0.4) is 0 Å². The van der Waals surface area contributed by atoms with Crippen LogP contribution in [0.25, 0.3) is 0 Å². The number of nitrogen functional groups attached to an aromatic ring is 1. The molecule has 11 nitrogen and oxygen atoms in total. The average molecular weight is 568 g/mol. The van der Waals surface area contributed by atoms with Gasteiger partial charge in [-0.2, -0.15) is 4.57 Å². The first-order valence-corrected chi connectivity index (χ1v) is 14.6. The van der Waals surface area contributed by atoms with Gasteiger partial charge in [-0.1, -0.05) is 28.7 Å². The zero-order valence-electron chi connectivity index (χ0n) is 19.5. The van der Waals surface area contributed by atoms with Gasteiger partial charge in [0.1, 0.15) is 31.6 Å². The van der Waals surface area contributed by atoms with Crippen molar-refractivity contribution in [2.45, 2.75) is 22.1 Å². The molecule has 15 heteroatoms. The first-order valence-electron chi connectivity index (χ1n) is 10.5. The predicted molar refractivity (Wildman–Crippen MR) is 140 cm³/mol. The third kappa shape index (κ3) is 5.05. The second-order valence-electron chi connectivity index (χ2n) is 7.56. The van der Waals surface area contributed by atoms with Crippen molar-refractivity contribution in [3.05, 3.63) is 39.9 Å². The number of rotatable bonds is 9. The van der Waals surface area contributed by atoms with E-state index in [9.17, 15) is 19.5 Å². The number of hydrogen-bond acceptors (Lipinski definition) is 11. The van der Waals surface area contributed by atoms with Crippen LogP contribution in [0.1, 0.15) is 5.69 Å². The summed E-state index contributed by atoms with van der Waals surface area (Å²) in [6.45, 7) is 0. The van der Waals surface area contributed by atoms with Gasteiger partial charge in [0.05, 0.1) is 6.04 Å². The Morgan fingerprint density at radius 1 is 1.42 bits per heavy atom. The van der Waals surface area contributed by atoms with Crippen LogP contribution >= 0.6 is 46.6 Å². The van der Waals surface area contributed by atoms with Gasteiger partial charge < -0.3 is 21.0 Å². The summed E-state index contributed by atoms with van der Waals surface area (Å²) in [4.78, 5) is 48.7. The van der Waals surface area contributed by atoms with Gasteiger partial charge in [-0.05, 0) is 12.3 Å². The minimum atomic E-state index is -1.18. The smallest absolute Gasteiger partial charge is 0.353 e. The molecule has 0 aliphatic carbocycles. The Morgan fingerprint density at radius 2 is 2.17 bits per heavy atom. The van der Waals surface area contributed by atoms with Gasteiger partial charge in [-0.3, -0.25) is 14.5 Å². The quantitative estimate of drug-likeness (QED) is 0.132. The molecule has 2 unspecified atom stereocenters. The number of nitrogens with zero attached hydrogens (tertiary/aromatic N) is 4. The first-order chi connectivity index (χ1) is 17.3. The van der Waals surface area contributed by atoms with E-state index in [2.05, 4.69) is 15.5 Å². The number of β-lactam (4-membered cyclic amide) rings is 1. The molecule has 1 saturated heterocycles. The van der Waals surface area contributed by atoms with Crippen LogP contribution in [0.15, 0.2) is 49.4 Å². The molecule has 0 spiro atoms. The lowest BCUT2D eigenvalue weighted by Gasteiger charge is -2.49. The highest BCUT2D eigenvalue weighted by atomic mass is 32.2. The topological polar surface area (TPSA) is 151 Å². The van der Waals surface area contributed by atoms with Crippen molar-refractivity contribution in [2.75, 3.05) is 30.6 Å². The van der Waals surface area contributed by atoms with E-state index < -0.39 is 29.9 Å². The Labute approximate surface area is 223 Å². The molecule has 0 bridgehead atoms. The van der Waals surface area contributed by atoms with Gasteiger partial charge in [-0.25, -0.2) is 9.78 Å². The Bertz CT molecular complexity index is 1280. The fourth-order valence-electron chi connectivity index (χ4n) is 3.81. The van der Waals surface area contributed by atoms with E-state index in [0.29, 0.717) is 16.4 Å². The van der Waals surface area contributed by atoms with Crippen LogP contribution in [0.5, 0.6) is 0 Å². The van der Waals surface area contributed by atoms with Gasteiger partial charge in [0.15, 0.2) is 10.8 Å².